The van der Waals surface area contributed by atoms with Gasteiger partial charge in [-0.2, -0.15) is 0 Å². The van der Waals surface area contributed by atoms with Gasteiger partial charge in [0.05, 0.1) is 8.69 Å². The molecule has 42 valence electrons. The quantitative estimate of drug-likeness (QED) is 0.344. The normalized spacial score (nSPS) is 6.14. The van der Waals surface area contributed by atoms with E-state index in [0.29, 0.717) is 12.7 Å². The SMILES string of the molecule is O=P[O-].[Cl][Ni][Cl].[Na+]. The molecule has 0 aromatic heterocycles. The maximum atomic E-state index is 8.35. The van der Waals surface area contributed by atoms with Gasteiger partial charge in [-0.05, 0) is 0 Å². The second-order valence-corrected chi connectivity index (χ2v) is 1.90. The van der Waals surface area contributed by atoms with E-state index in [1.54, 1.807) is 0 Å². The minimum Gasteiger partial charge on any atom is 1.00 e. The molecule has 0 bridgehead atoms. The van der Waals surface area contributed by atoms with E-state index in [9.17, 15) is 0 Å². The van der Waals surface area contributed by atoms with Crippen molar-refractivity contribution in [1.82, 2.24) is 0 Å². The van der Waals surface area contributed by atoms with Crippen LogP contribution in [0, 0.1) is 0 Å². The molecule has 0 heterocycles. The summed E-state index contributed by atoms with van der Waals surface area (Å²) in [5.41, 5.74) is 0. The summed E-state index contributed by atoms with van der Waals surface area (Å²) >= 11 is 0.569. The van der Waals surface area contributed by atoms with Crippen LogP contribution >= 0.6 is 29.1 Å². The smallest absolute Gasteiger partial charge is 1.00 e. The summed E-state index contributed by atoms with van der Waals surface area (Å²) < 4.78 is 8.35. The molecule has 2 nitrogen and oxygen atoms in total. The fraction of sp³-hybridized carbons (Fsp3) is 0. The van der Waals surface area contributed by atoms with Crippen molar-refractivity contribution >= 4 is 29.1 Å². The van der Waals surface area contributed by atoms with Crippen molar-refractivity contribution in [3.8, 4) is 0 Å². The van der Waals surface area contributed by atoms with Crippen molar-refractivity contribution in [2.75, 3.05) is 0 Å². The molecule has 7 heteroatoms. The van der Waals surface area contributed by atoms with Gasteiger partial charge in [0.1, 0.15) is 0 Å². The Morgan fingerprint density at radius 3 is 1.57 bits per heavy atom. The van der Waals surface area contributed by atoms with Crippen molar-refractivity contribution in [2.24, 2.45) is 0 Å². The fourth-order valence-corrected chi connectivity index (χ4v) is 0. The van der Waals surface area contributed by atoms with E-state index in [1.807, 2.05) is 0 Å². The van der Waals surface area contributed by atoms with Gasteiger partial charge in [0.15, 0.2) is 0 Å². The van der Waals surface area contributed by atoms with E-state index in [0.717, 1.165) is 0 Å². The predicted molar refractivity (Wildman–Crippen MR) is 19.3 cm³/mol. The molecule has 0 rings (SSSR count). The first-order chi connectivity index (χ1) is 2.83. The van der Waals surface area contributed by atoms with Gasteiger partial charge in [-0.1, -0.05) is 0 Å². The second kappa shape index (κ2) is 24.2. The molecule has 0 amide bonds. The van der Waals surface area contributed by atoms with E-state index in [1.165, 1.54) is 0 Å². The van der Waals surface area contributed by atoms with Crippen LogP contribution in [0.25, 0.3) is 0 Å². The molecule has 0 radical (unpaired) electrons. The van der Waals surface area contributed by atoms with Gasteiger partial charge >= 0.3 is 62.6 Å². The van der Waals surface area contributed by atoms with Crippen LogP contribution in [0.1, 0.15) is 0 Å². The molecule has 0 aromatic rings. The zero-order chi connectivity index (χ0) is 5.41. The average Bonchev–Trinajstić information content (AvgIpc) is 1.39. The largest absolute Gasteiger partial charge is 1.00 e. The maximum absolute atomic E-state index is 8.35. The van der Waals surface area contributed by atoms with Gasteiger partial charge < -0.3 is 4.89 Å². The fourth-order valence-electron chi connectivity index (χ4n) is 0. The van der Waals surface area contributed by atoms with E-state index >= 15 is 0 Å². The summed E-state index contributed by atoms with van der Waals surface area (Å²) in [6, 6.07) is 0. The van der Waals surface area contributed by atoms with Crippen LogP contribution in [0.4, 0.5) is 0 Å². The maximum Gasteiger partial charge on any atom is 1.00 e. The molecule has 7 heavy (non-hydrogen) atoms. The minimum atomic E-state index is -1.08. The van der Waals surface area contributed by atoms with Crippen molar-refractivity contribution in [3.63, 3.8) is 0 Å². The third-order valence-corrected chi connectivity index (χ3v) is 0. The van der Waals surface area contributed by atoms with Gasteiger partial charge in [0.25, 0.3) is 0 Å². The van der Waals surface area contributed by atoms with Crippen LogP contribution in [-0.2, 0) is 17.2 Å². The van der Waals surface area contributed by atoms with Crippen molar-refractivity contribution in [3.05, 3.63) is 0 Å². The Morgan fingerprint density at radius 2 is 1.57 bits per heavy atom. The number of hydrogen-bond acceptors (Lipinski definition) is 2. The summed E-state index contributed by atoms with van der Waals surface area (Å²) in [5.74, 6) is 0. The van der Waals surface area contributed by atoms with Gasteiger partial charge in [0, 0.05) is 0 Å². The van der Waals surface area contributed by atoms with Gasteiger partial charge in [-0.15, -0.1) is 0 Å². The minimum absolute atomic E-state index is 0. The number of rotatable bonds is 0. The monoisotopic (exact) mass is 214 g/mol. The van der Waals surface area contributed by atoms with Gasteiger partial charge in [-0.25, -0.2) is 0 Å². The molecule has 0 aromatic carbocycles. The summed E-state index contributed by atoms with van der Waals surface area (Å²) in [5, 5.41) is 0. The van der Waals surface area contributed by atoms with Crippen molar-refractivity contribution in [2.45, 2.75) is 0 Å². The summed E-state index contributed by atoms with van der Waals surface area (Å²) in [6.45, 7) is 0. The summed E-state index contributed by atoms with van der Waals surface area (Å²) in [7, 11) is 8.32. The zero-order valence-corrected chi connectivity index (χ0v) is 8.73. The third-order valence-electron chi connectivity index (χ3n) is 0. The average molecular weight is 216 g/mol. The Labute approximate surface area is 79.9 Å². The molecule has 0 N–H and O–H groups in total. The molecular weight excluding hydrogens is 216 g/mol. The molecular formula is Cl2NaNiO2P. The first-order valence-electron chi connectivity index (χ1n) is 0.604. The van der Waals surface area contributed by atoms with E-state index in [2.05, 4.69) is 0 Å². The Kier molecular flexibility index (Phi) is 55.6. The Hall–Kier alpha value is 2.13. The van der Waals surface area contributed by atoms with Crippen LogP contribution in [0.2, 0.25) is 0 Å². The van der Waals surface area contributed by atoms with Gasteiger partial charge in [-0.3, -0.25) is 4.57 Å². The number of halogens is 2. The first kappa shape index (κ1) is 16.1. The van der Waals surface area contributed by atoms with Crippen LogP contribution in [-0.4, -0.2) is 0 Å². The van der Waals surface area contributed by atoms with Crippen molar-refractivity contribution < 1.29 is 51.7 Å². The molecule has 0 fully saturated rings. The van der Waals surface area contributed by atoms with Crippen molar-refractivity contribution in [1.29, 1.82) is 0 Å². The van der Waals surface area contributed by atoms with Crippen LogP contribution < -0.4 is 34.5 Å². The summed E-state index contributed by atoms with van der Waals surface area (Å²) in [6.07, 6.45) is 0. The Morgan fingerprint density at radius 1 is 1.57 bits per heavy atom. The number of hydrogen-bond donors (Lipinski definition) is 0. The summed E-state index contributed by atoms with van der Waals surface area (Å²) in [4.78, 5) is 8.35. The van der Waals surface area contributed by atoms with Gasteiger partial charge in [0.2, 0.25) is 0 Å². The van der Waals surface area contributed by atoms with Crippen LogP contribution in [0.5, 0.6) is 0 Å². The Bertz CT molecular complexity index is 29.7. The predicted octanol–water partition coefficient (Wildman–Crippen LogP) is -2.07. The topological polar surface area (TPSA) is 40.1 Å². The molecule has 0 aliphatic heterocycles. The van der Waals surface area contributed by atoms with E-state index in [-0.39, 0.29) is 29.6 Å². The van der Waals surface area contributed by atoms with Crippen LogP contribution in [0.15, 0.2) is 0 Å². The Balaban J connectivity index is -0.0000000400. The third kappa shape index (κ3) is 67.2. The van der Waals surface area contributed by atoms with Crippen LogP contribution in [0.3, 0.4) is 0 Å². The molecule has 0 saturated carbocycles. The molecule has 0 aliphatic carbocycles. The standard InChI is InChI=1S/2ClH.Na.Ni.HO2P/c;;;;1-3-2/h2*1H;;;(H,1,2)/q;;+1;+2;/p-3. The van der Waals surface area contributed by atoms with E-state index < -0.39 is 8.69 Å². The zero-order valence-electron chi connectivity index (χ0n) is 3.34. The second-order valence-electron chi connectivity index (χ2n) is 0.120. The molecule has 0 saturated heterocycles. The van der Waals surface area contributed by atoms with E-state index in [4.69, 9.17) is 29.8 Å². The molecule has 0 atom stereocenters. The molecule has 0 aliphatic rings. The molecule has 0 unspecified atom stereocenters. The molecule has 0 spiro atoms. The first-order valence-corrected chi connectivity index (χ1v) is 4.05.